The molecule has 1 aromatic heterocycles. The number of amides is 1. The average Bonchev–Trinajstić information content (AvgIpc) is 3.15. The first-order valence-corrected chi connectivity index (χ1v) is 11.4. The lowest BCUT2D eigenvalue weighted by molar-refractivity contribution is 0.102. The van der Waals surface area contributed by atoms with E-state index in [9.17, 15) is 4.79 Å². The standard InChI is InChI=1S/C22H15BrCl2N2O2S/c1-2-29-18-8-7-12(9-15(18)23)21(28)27-20-14(10-13(24)11-16(20)25)22-26-17-5-3-4-6-19(17)30-22/h3-11H,2H2,1H3,(H,27,28). The van der Waals surface area contributed by atoms with Crippen LogP contribution in [0, 0.1) is 0 Å². The Morgan fingerprint density at radius 1 is 1.17 bits per heavy atom. The number of hydrogen-bond donors (Lipinski definition) is 1. The predicted octanol–water partition coefficient (Wildman–Crippen LogP) is 7.68. The van der Waals surface area contributed by atoms with E-state index in [1.807, 2.05) is 31.2 Å². The molecule has 0 saturated heterocycles. The highest BCUT2D eigenvalue weighted by Crippen LogP contribution is 2.40. The van der Waals surface area contributed by atoms with Crippen molar-refractivity contribution in [2.75, 3.05) is 11.9 Å². The van der Waals surface area contributed by atoms with Crippen molar-refractivity contribution in [3.63, 3.8) is 0 Å². The number of benzene rings is 3. The molecular weight excluding hydrogens is 507 g/mol. The summed E-state index contributed by atoms with van der Waals surface area (Å²) in [5, 5.41) is 4.46. The van der Waals surface area contributed by atoms with Crippen LogP contribution in [0.2, 0.25) is 10.0 Å². The Kier molecular flexibility index (Phi) is 6.29. The number of nitrogens with one attached hydrogen (secondary N) is 1. The number of carbonyl (C=O) groups is 1. The zero-order valence-electron chi connectivity index (χ0n) is 15.7. The molecule has 0 unspecified atom stereocenters. The van der Waals surface area contributed by atoms with Crippen LogP contribution in [-0.4, -0.2) is 17.5 Å². The van der Waals surface area contributed by atoms with Crippen LogP contribution in [0.15, 0.2) is 59.1 Å². The molecule has 4 nitrogen and oxygen atoms in total. The molecule has 0 spiro atoms. The van der Waals surface area contributed by atoms with E-state index in [1.165, 1.54) is 11.3 Å². The van der Waals surface area contributed by atoms with E-state index in [1.54, 1.807) is 30.3 Å². The Hall–Kier alpha value is -2.12. The summed E-state index contributed by atoms with van der Waals surface area (Å²) in [6.45, 7) is 2.44. The summed E-state index contributed by atoms with van der Waals surface area (Å²) in [5.41, 5.74) is 2.48. The fourth-order valence-corrected chi connectivity index (χ4v) is 4.98. The highest BCUT2D eigenvalue weighted by Gasteiger charge is 2.18. The summed E-state index contributed by atoms with van der Waals surface area (Å²) in [4.78, 5) is 17.6. The van der Waals surface area contributed by atoms with Crippen LogP contribution < -0.4 is 10.1 Å². The topological polar surface area (TPSA) is 51.2 Å². The van der Waals surface area contributed by atoms with Crippen LogP contribution in [0.4, 0.5) is 5.69 Å². The first kappa shape index (κ1) is 21.1. The molecule has 0 bridgehead atoms. The molecule has 152 valence electrons. The molecule has 0 atom stereocenters. The van der Waals surface area contributed by atoms with E-state index in [4.69, 9.17) is 27.9 Å². The van der Waals surface area contributed by atoms with Gasteiger partial charge in [0.1, 0.15) is 10.8 Å². The molecule has 3 aromatic carbocycles. The second kappa shape index (κ2) is 8.94. The van der Waals surface area contributed by atoms with Gasteiger partial charge in [-0.05, 0) is 65.3 Å². The molecule has 0 saturated carbocycles. The van der Waals surface area contributed by atoms with Crippen molar-refractivity contribution in [3.8, 4) is 16.3 Å². The number of carbonyl (C=O) groups excluding carboxylic acids is 1. The fourth-order valence-electron chi connectivity index (χ4n) is 2.96. The lowest BCUT2D eigenvalue weighted by Gasteiger charge is -2.13. The normalized spacial score (nSPS) is 10.9. The number of nitrogens with zero attached hydrogens (tertiary/aromatic N) is 1. The number of halogens is 3. The van der Waals surface area contributed by atoms with Gasteiger partial charge in [0.05, 0.1) is 32.0 Å². The third-order valence-electron chi connectivity index (χ3n) is 4.31. The summed E-state index contributed by atoms with van der Waals surface area (Å²) >= 11 is 17.7. The first-order valence-electron chi connectivity index (χ1n) is 9.05. The smallest absolute Gasteiger partial charge is 0.255 e. The minimum Gasteiger partial charge on any atom is -0.493 e. The van der Waals surface area contributed by atoms with E-state index in [2.05, 4.69) is 26.2 Å². The molecular formula is C22H15BrCl2N2O2S. The minimum atomic E-state index is -0.301. The monoisotopic (exact) mass is 520 g/mol. The molecule has 30 heavy (non-hydrogen) atoms. The van der Waals surface area contributed by atoms with Crippen molar-refractivity contribution in [1.82, 2.24) is 4.98 Å². The summed E-state index contributed by atoms with van der Waals surface area (Å²) in [5.74, 6) is 0.374. The van der Waals surface area contributed by atoms with Gasteiger partial charge in [-0.25, -0.2) is 4.98 Å². The van der Waals surface area contributed by atoms with Gasteiger partial charge in [-0.2, -0.15) is 0 Å². The third kappa shape index (κ3) is 4.32. The number of thiazole rings is 1. The first-order chi connectivity index (χ1) is 14.5. The van der Waals surface area contributed by atoms with E-state index in [0.717, 1.165) is 15.2 Å². The molecule has 0 radical (unpaired) electrons. The Morgan fingerprint density at radius 2 is 1.97 bits per heavy atom. The number of anilines is 1. The lowest BCUT2D eigenvalue weighted by atomic mass is 10.1. The van der Waals surface area contributed by atoms with Gasteiger partial charge in [-0.15, -0.1) is 11.3 Å². The number of ether oxygens (including phenoxy) is 1. The van der Waals surface area contributed by atoms with Crippen molar-refractivity contribution >= 4 is 72.3 Å². The zero-order valence-corrected chi connectivity index (χ0v) is 19.6. The molecule has 1 N–H and O–H groups in total. The third-order valence-corrected chi connectivity index (χ3v) is 6.52. The number of para-hydroxylation sites is 1. The zero-order chi connectivity index (χ0) is 21.3. The molecule has 4 aromatic rings. The van der Waals surface area contributed by atoms with Crippen LogP contribution in [0.5, 0.6) is 5.75 Å². The van der Waals surface area contributed by atoms with Crippen LogP contribution in [0.1, 0.15) is 17.3 Å². The fraction of sp³-hybridized carbons (Fsp3) is 0.0909. The van der Waals surface area contributed by atoms with Gasteiger partial charge in [-0.1, -0.05) is 35.3 Å². The van der Waals surface area contributed by atoms with E-state index >= 15 is 0 Å². The van der Waals surface area contributed by atoms with Gasteiger partial charge >= 0.3 is 0 Å². The molecule has 4 rings (SSSR count). The summed E-state index contributed by atoms with van der Waals surface area (Å²) < 4.78 is 7.24. The Bertz CT molecular complexity index is 1230. The molecule has 0 aliphatic carbocycles. The number of aromatic nitrogens is 1. The van der Waals surface area contributed by atoms with Gasteiger partial charge in [0.15, 0.2) is 0 Å². The SMILES string of the molecule is CCOc1ccc(C(=O)Nc2c(Cl)cc(Cl)cc2-c2nc3ccccc3s2)cc1Br. The van der Waals surface area contributed by atoms with Crippen molar-refractivity contribution in [2.45, 2.75) is 6.92 Å². The number of hydrogen-bond acceptors (Lipinski definition) is 4. The van der Waals surface area contributed by atoms with E-state index < -0.39 is 0 Å². The second-order valence-electron chi connectivity index (χ2n) is 6.33. The summed E-state index contributed by atoms with van der Waals surface area (Å²) in [6.07, 6.45) is 0. The maximum absolute atomic E-state index is 12.9. The number of fused-ring (bicyclic) bond motifs is 1. The van der Waals surface area contributed by atoms with Crippen LogP contribution >= 0.6 is 50.5 Å². The minimum absolute atomic E-state index is 0.301. The molecule has 0 aliphatic rings. The highest BCUT2D eigenvalue weighted by atomic mass is 79.9. The van der Waals surface area contributed by atoms with Crippen molar-refractivity contribution in [3.05, 3.63) is 74.7 Å². The van der Waals surface area contributed by atoms with Gasteiger partial charge in [0.2, 0.25) is 0 Å². The Labute approximate surface area is 195 Å². The summed E-state index contributed by atoms with van der Waals surface area (Å²) in [7, 11) is 0. The maximum atomic E-state index is 12.9. The van der Waals surface area contributed by atoms with E-state index in [0.29, 0.717) is 43.7 Å². The highest BCUT2D eigenvalue weighted by molar-refractivity contribution is 9.10. The van der Waals surface area contributed by atoms with Crippen molar-refractivity contribution in [1.29, 1.82) is 0 Å². The number of rotatable bonds is 5. The van der Waals surface area contributed by atoms with Crippen LogP contribution in [0.3, 0.4) is 0 Å². The largest absolute Gasteiger partial charge is 0.493 e. The molecule has 1 heterocycles. The van der Waals surface area contributed by atoms with Gasteiger partial charge in [-0.3, -0.25) is 4.79 Å². The molecule has 0 aliphatic heterocycles. The van der Waals surface area contributed by atoms with Gasteiger partial charge < -0.3 is 10.1 Å². The Morgan fingerprint density at radius 3 is 2.70 bits per heavy atom. The summed E-state index contributed by atoms with van der Waals surface area (Å²) in [6, 6.07) is 16.4. The predicted molar refractivity (Wildman–Crippen MR) is 128 cm³/mol. The molecule has 0 fully saturated rings. The van der Waals surface area contributed by atoms with Crippen molar-refractivity contribution < 1.29 is 9.53 Å². The molecule has 1 amide bonds. The van der Waals surface area contributed by atoms with Gasteiger partial charge in [0.25, 0.3) is 5.91 Å². The quantitative estimate of drug-likeness (QED) is 0.293. The maximum Gasteiger partial charge on any atom is 0.255 e. The molecule has 8 heteroatoms. The van der Waals surface area contributed by atoms with Crippen molar-refractivity contribution in [2.24, 2.45) is 0 Å². The lowest BCUT2D eigenvalue weighted by Crippen LogP contribution is -2.13. The average molecular weight is 522 g/mol. The van der Waals surface area contributed by atoms with Crippen LogP contribution in [0.25, 0.3) is 20.8 Å². The van der Waals surface area contributed by atoms with E-state index in [-0.39, 0.29) is 5.91 Å². The van der Waals surface area contributed by atoms with Gasteiger partial charge in [0, 0.05) is 16.1 Å². The van der Waals surface area contributed by atoms with Crippen LogP contribution in [-0.2, 0) is 0 Å². The Balaban J connectivity index is 1.72. The second-order valence-corrected chi connectivity index (χ2v) is 9.06.